The highest BCUT2D eigenvalue weighted by molar-refractivity contribution is 7.80. The molecule has 0 bridgehead atoms. The first-order valence-corrected chi connectivity index (χ1v) is 12.0. The van der Waals surface area contributed by atoms with Gasteiger partial charge in [0.2, 0.25) is 0 Å². The lowest BCUT2D eigenvalue weighted by Gasteiger charge is -2.38. The molecule has 0 atom stereocenters. The molecule has 0 unspecified atom stereocenters. The van der Waals surface area contributed by atoms with Crippen LogP contribution in [-0.2, 0) is 19.4 Å². The largest absolute Gasteiger partial charge is 0.463 e. The Labute approximate surface area is 199 Å². The summed E-state index contributed by atoms with van der Waals surface area (Å²) < 4.78 is 5.72. The summed E-state index contributed by atoms with van der Waals surface area (Å²) in [4.78, 5) is 9.44. The van der Waals surface area contributed by atoms with Gasteiger partial charge < -0.3 is 19.5 Å². The number of aromatic nitrogens is 1. The van der Waals surface area contributed by atoms with Crippen LogP contribution in [0.4, 0.5) is 5.82 Å². The molecule has 0 amide bonds. The summed E-state index contributed by atoms with van der Waals surface area (Å²) in [6.07, 6.45) is 5.79. The summed E-state index contributed by atoms with van der Waals surface area (Å²) in [5.74, 6) is 1.57. The van der Waals surface area contributed by atoms with Crippen LogP contribution in [0.2, 0.25) is 0 Å². The van der Waals surface area contributed by atoms with Gasteiger partial charge in [-0.05, 0) is 66.7 Å². The smallest absolute Gasteiger partial charge is 0.169 e. The molecule has 5 rings (SSSR count). The number of rotatable bonds is 4. The van der Waals surface area contributed by atoms with Crippen molar-refractivity contribution in [3.8, 4) is 17.5 Å². The average Bonchev–Trinajstić information content (AvgIpc) is 3.42. The second-order valence-electron chi connectivity index (χ2n) is 8.53. The van der Waals surface area contributed by atoms with Gasteiger partial charge in [0.05, 0.1) is 11.8 Å². The molecular formula is C26H27N5OS. The lowest BCUT2D eigenvalue weighted by molar-refractivity contribution is 0.378. The highest BCUT2D eigenvalue weighted by Gasteiger charge is 2.28. The molecule has 7 heteroatoms. The summed E-state index contributed by atoms with van der Waals surface area (Å²) in [6.45, 7) is 3.84. The van der Waals surface area contributed by atoms with Gasteiger partial charge in [0.15, 0.2) is 10.9 Å². The molecule has 3 aromatic rings. The molecule has 1 aromatic carbocycles. The number of thiocarbonyl (C=S) groups is 1. The molecule has 1 aliphatic heterocycles. The topological polar surface area (TPSA) is 68.3 Å². The van der Waals surface area contributed by atoms with Crippen LogP contribution in [0, 0.1) is 11.3 Å². The number of hydrogen-bond acceptors (Lipinski definition) is 5. The normalized spacial score (nSPS) is 15.6. The van der Waals surface area contributed by atoms with Crippen LogP contribution >= 0.6 is 12.2 Å². The number of benzene rings is 1. The molecule has 0 spiro atoms. The Hall–Kier alpha value is -3.37. The Morgan fingerprint density at radius 1 is 1.03 bits per heavy atom. The monoisotopic (exact) mass is 457 g/mol. The third-order valence-corrected chi connectivity index (χ3v) is 6.92. The summed E-state index contributed by atoms with van der Waals surface area (Å²) in [5.41, 5.74) is 5.18. The van der Waals surface area contributed by atoms with E-state index in [4.69, 9.17) is 21.6 Å². The lowest BCUT2D eigenvalue weighted by atomic mass is 9.87. The first kappa shape index (κ1) is 21.5. The zero-order valence-electron chi connectivity index (χ0n) is 18.6. The van der Waals surface area contributed by atoms with Crippen molar-refractivity contribution in [2.75, 3.05) is 31.1 Å². The fraction of sp³-hybridized carbons (Fsp3) is 0.346. The van der Waals surface area contributed by atoms with Crippen molar-refractivity contribution in [2.45, 2.75) is 32.2 Å². The number of hydrogen-bond donors (Lipinski definition) is 1. The van der Waals surface area contributed by atoms with E-state index in [9.17, 15) is 5.26 Å². The Bertz CT molecular complexity index is 1160. The van der Waals surface area contributed by atoms with Gasteiger partial charge in [0, 0.05) is 32.7 Å². The lowest BCUT2D eigenvalue weighted by Crippen LogP contribution is -2.52. The molecule has 168 valence electrons. The molecule has 1 fully saturated rings. The van der Waals surface area contributed by atoms with E-state index in [0.717, 1.165) is 91.9 Å². The van der Waals surface area contributed by atoms with Crippen molar-refractivity contribution < 1.29 is 4.42 Å². The van der Waals surface area contributed by atoms with Crippen molar-refractivity contribution in [3.05, 3.63) is 71.0 Å². The first-order chi connectivity index (χ1) is 16.2. The van der Waals surface area contributed by atoms with Gasteiger partial charge in [0.1, 0.15) is 17.6 Å². The van der Waals surface area contributed by atoms with E-state index in [1.54, 1.807) is 6.26 Å². The van der Waals surface area contributed by atoms with E-state index in [1.807, 2.05) is 30.3 Å². The van der Waals surface area contributed by atoms with Crippen molar-refractivity contribution in [2.24, 2.45) is 0 Å². The van der Waals surface area contributed by atoms with Crippen LogP contribution < -0.4 is 10.2 Å². The van der Waals surface area contributed by atoms with Gasteiger partial charge in [-0.25, -0.2) is 4.98 Å². The van der Waals surface area contributed by atoms with E-state index < -0.39 is 0 Å². The number of nitrogens with one attached hydrogen (secondary N) is 1. The summed E-state index contributed by atoms with van der Waals surface area (Å²) >= 11 is 5.65. The molecule has 33 heavy (non-hydrogen) atoms. The maximum Gasteiger partial charge on any atom is 0.169 e. The standard InChI is InChI=1S/C26H27N5OS/c27-17-22-20-9-4-5-10-21(20)24(23-11-6-16-32-23)29-25(22)30-12-14-31(15-13-30)26(33)28-18-19-7-2-1-3-8-19/h1-3,6-8,11,16H,4-5,9-10,12-15,18H2,(H,28,33). The molecule has 3 heterocycles. The highest BCUT2D eigenvalue weighted by Crippen LogP contribution is 2.36. The molecule has 6 nitrogen and oxygen atoms in total. The predicted molar refractivity (Wildman–Crippen MR) is 133 cm³/mol. The van der Waals surface area contributed by atoms with E-state index in [1.165, 1.54) is 11.1 Å². The summed E-state index contributed by atoms with van der Waals surface area (Å²) in [6, 6.07) is 16.6. The maximum atomic E-state index is 10.1. The second kappa shape index (κ2) is 9.63. The van der Waals surface area contributed by atoms with Crippen LogP contribution in [-0.4, -0.2) is 41.2 Å². The number of fused-ring (bicyclic) bond motifs is 1. The van der Waals surface area contributed by atoms with E-state index >= 15 is 0 Å². The Kier molecular flexibility index (Phi) is 6.27. The van der Waals surface area contributed by atoms with E-state index in [2.05, 4.69) is 33.3 Å². The number of nitriles is 1. The Morgan fingerprint density at radius 2 is 1.79 bits per heavy atom. The molecule has 1 saturated heterocycles. The van der Waals surface area contributed by atoms with Crippen molar-refractivity contribution in [1.82, 2.24) is 15.2 Å². The van der Waals surface area contributed by atoms with Crippen molar-refractivity contribution in [3.63, 3.8) is 0 Å². The second-order valence-corrected chi connectivity index (χ2v) is 8.92. The zero-order chi connectivity index (χ0) is 22.6. The Morgan fingerprint density at radius 3 is 2.48 bits per heavy atom. The van der Waals surface area contributed by atoms with Crippen LogP contribution in [0.3, 0.4) is 0 Å². The van der Waals surface area contributed by atoms with E-state index in [-0.39, 0.29) is 0 Å². The van der Waals surface area contributed by atoms with Gasteiger partial charge in [0.25, 0.3) is 0 Å². The fourth-order valence-electron chi connectivity index (χ4n) is 4.78. The summed E-state index contributed by atoms with van der Waals surface area (Å²) in [5, 5.41) is 14.2. The van der Waals surface area contributed by atoms with Gasteiger partial charge >= 0.3 is 0 Å². The van der Waals surface area contributed by atoms with Crippen molar-refractivity contribution >= 4 is 23.1 Å². The van der Waals surface area contributed by atoms with Crippen LogP contribution in [0.25, 0.3) is 11.5 Å². The van der Waals surface area contributed by atoms with Gasteiger partial charge in [-0.15, -0.1) is 0 Å². The third kappa shape index (κ3) is 4.44. The minimum absolute atomic E-state index is 0.720. The quantitative estimate of drug-likeness (QED) is 0.586. The van der Waals surface area contributed by atoms with Crippen LogP contribution in [0.1, 0.15) is 35.1 Å². The predicted octanol–water partition coefficient (Wildman–Crippen LogP) is 4.29. The SMILES string of the molecule is N#Cc1c(N2CCN(C(=S)NCc3ccccc3)CC2)nc(-c2ccco2)c2c1CCCC2. The summed E-state index contributed by atoms with van der Waals surface area (Å²) in [7, 11) is 0. The molecule has 2 aromatic heterocycles. The fourth-order valence-corrected chi connectivity index (χ4v) is 5.03. The number of furan rings is 1. The number of pyridine rings is 1. The van der Waals surface area contributed by atoms with Gasteiger partial charge in [-0.2, -0.15) is 5.26 Å². The number of piperazine rings is 1. The molecule has 2 aliphatic rings. The average molecular weight is 458 g/mol. The number of nitrogens with zero attached hydrogens (tertiary/aromatic N) is 4. The maximum absolute atomic E-state index is 10.1. The van der Waals surface area contributed by atoms with Crippen LogP contribution in [0.15, 0.2) is 53.1 Å². The third-order valence-electron chi connectivity index (χ3n) is 6.52. The molecule has 1 aliphatic carbocycles. The minimum Gasteiger partial charge on any atom is -0.463 e. The molecule has 0 saturated carbocycles. The zero-order valence-corrected chi connectivity index (χ0v) is 19.4. The van der Waals surface area contributed by atoms with Crippen LogP contribution in [0.5, 0.6) is 0 Å². The molecular weight excluding hydrogens is 430 g/mol. The Balaban J connectivity index is 1.33. The van der Waals surface area contributed by atoms with Gasteiger partial charge in [-0.3, -0.25) is 0 Å². The van der Waals surface area contributed by atoms with E-state index in [0.29, 0.717) is 0 Å². The number of anilines is 1. The first-order valence-electron chi connectivity index (χ1n) is 11.6. The van der Waals surface area contributed by atoms with Gasteiger partial charge in [-0.1, -0.05) is 30.3 Å². The van der Waals surface area contributed by atoms with Crippen molar-refractivity contribution in [1.29, 1.82) is 5.26 Å². The molecule has 0 radical (unpaired) electrons. The molecule has 1 N–H and O–H groups in total. The highest BCUT2D eigenvalue weighted by atomic mass is 32.1. The minimum atomic E-state index is 0.720.